The van der Waals surface area contributed by atoms with E-state index in [1.807, 2.05) is 13.0 Å². The second-order valence-corrected chi connectivity index (χ2v) is 9.76. The number of rotatable bonds is 7. The molecule has 1 amide bonds. The van der Waals surface area contributed by atoms with Crippen molar-refractivity contribution < 1.29 is 23.4 Å². The molecule has 0 aliphatic rings. The second-order valence-electron chi connectivity index (χ2n) is 8.90. The van der Waals surface area contributed by atoms with Crippen molar-refractivity contribution in [3.8, 4) is 28.9 Å². The van der Waals surface area contributed by atoms with E-state index in [9.17, 15) is 9.59 Å². The Bertz CT molecular complexity index is 1860. The van der Waals surface area contributed by atoms with E-state index in [1.54, 1.807) is 31.3 Å². The number of carbonyl (C=O) groups excluding carboxylic acids is 1. The molecule has 0 saturated carbocycles. The molecule has 0 spiro atoms. The lowest BCUT2D eigenvalue weighted by molar-refractivity contribution is 0.102. The number of aryl methyl sites for hydroxylation is 1. The number of pyridine rings is 4. The fourth-order valence-corrected chi connectivity index (χ4v) is 4.47. The highest BCUT2D eigenvalue weighted by Crippen LogP contribution is 2.35. The summed E-state index contributed by atoms with van der Waals surface area (Å²) in [5.74, 6) is -0.362. The molecule has 0 aliphatic carbocycles. The Kier molecular flexibility index (Phi) is 7.66. The van der Waals surface area contributed by atoms with Crippen LogP contribution in [0, 0.1) is 19.7 Å². The maximum atomic E-state index is 15.1. The number of nitrogens with one attached hydrogen (secondary N) is 1. The van der Waals surface area contributed by atoms with Crippen LogP contribution in [0.3, 0.4) is 0 Å². The van der Waals surface area contributed by atoms with Crippen molar-refractivity contribution in [1.82, 2.24) is 19.5 Å². The van der Waals surface area contributed by atoms with E-state index >= 15 is 4.39 Å². The second kappa shape index (κ2) is 11.3. The molecule has 0 unspecified atom stereocenters. The van der Waals surface area contributed by atoms with Crippen molar-refractivity contribution in [3.05, 3.63) is 98.4 Å². The topological polar surface area (TPSA) is 117 Å². The molecule has 4 heterocycles. The first-order valence-corrected chi connectivity index (χ1v) is 13.0. The monoisotopic (exact) mass is 619 g/mol. The summed E-state index contributed by atoms with van der Waals surface area (Å²) < 4.78 is 33.3. The number of benzene rings is 1. The smallest absolute Gasteiger partial charge is 0.269 e. The van der Waals surface area contributed by atoms with Crippen LogP contribution in [0.4, 0.5) is 10.1 Å². The number of hydrogen-bond acceptors (Lipinski definition) is 8. The Hall–Kier alpha value is -4.84. The average Bonchev–Trinajstić information content (AvgIpc) is 2.96. The summed E-state index contributed by atoms with van der Waals surface area (Å²) in [5.41, 5.74) is 1.71. The van der Waals surface area contributed by atoms with Gasteiger partial charge in [-0.05, 0) is 59.6 Å². The van der Waals surface area contributed by atoms with Gasteiger partial charge >= 0.3 is 0 Å². The summed E-state index contributed by atoms with van der Waals surface area (Å²) >= 11 is 3.41. The van der Waals surface area contributed by atoms with Crippen LogP contribution < -0.4 is 25.1 Å². The van der Waals surface area contributed by atoms with Gasteiger partial charge in [-0.15, -0.1) is 0 Å². The molecule has 0 bridgehead atoms. The van der Waals surface area contributed by atoms with E-state index in [0.29, 0.717) is 32.8 Å². The molecule has 5 aromatic rings. The fourth-order valence-electron chi connectivity index (χ4n) is 4.07. The van der Waals surface area contributed by atoms with Gasteiger partial charge in [0.05, 0.1) is 19.7 Å². The highest BCUT2D eigenvalue weighted by atomic mass is 79.9. The number of nitrogens with zero attached hydrogens (tertiary/aromatic N) is 4. The van der Waals surface area contributed by atoms with Crippen molar-refractivity contribution in [1.29, 1.82) is 0 Å². The minimum Gasteiger partial charge on any atom is -0.491 e. The van der Waals surface area contributed by atoms with Crippen LogP contribution in [0.25, 0.3) is 16.9 Å². The highest BCUT2D eigenvalue weighted by molar-refractivity contribution is 9.10. The maximum Gasteiger partial charge on any atom is 0.269 e. The lowest BCUT2D eigenvalue weighted by atomic mass is 10.2. The predicted molar refractivity (Wildman–Crippen MR) is 154 cm³/mol. The first-order valence-electron chi connectivity index (χ1n) is 12.2. The van der Waals surface area contributed by atoms with Crippen molar-refractivity contribution in [2.45, 2.75) is 13.8 Å². The van der Waals surface area contributed by atoms with Gasteiger partial charge in [-0.2, -0.15) is 0 Å². The summed E-state index contributed by atoms with van der Waals surface area (Å²) in [6, 6.07) is 12.0. The summed E-state index contributed by atoms with van der Waals surface area (Å²) in [5, 5.41) is 2.58. The molecule has 1 N–H and O–H groups in total. The molecule has 0 radical (unpaired) electrons. The molecule has 208 valence electrons. The predicted octanol–water partition coefficient (Wildman–Crippen LogP) is 5.76. The van der Waals surface area contributed by atoms with Crippen LogP contribution in [0.1, 0.15) is 21.6 Å². The highest BCUT2D eigenvalue weighted by Gasteiger charge is 2.20. The van der Waals surface area contributed by atoms with Crippen LogP contribution >= 0.6 is 15.9 Å². The van der Waals surface area contributed by atoms with E-state index < -0.39 is 17.3 Å². The van der Waals surface area contributed by atoms with Crippen molar-refractivity contribution >= 4 is 38.6 Å². The summed E-state index contributed by atoms with van der Waals surface area (Å²) in [4.78, 5) is 39.4. The zero-order valence-electron chi connectivity index (χ0n) is 22.4. The van der Waals surface area contributed by atoms with Crippen LogP contribution in [-0.2, 0) is 0 Å². The largest absolute Gasteiger partial charge is 0.491 e. The number of amides is 1. The first kappa shape index (κ1) is 27.7. The number of anilines is 1. The SMILES string of the molecule is COc1cc2nccc(Oc3ccc(NC(=O)c4cc(Br)c(C)n(-c5ccc(C)cn5)c4=O)cc3F)c2nc1OC. The van der Waals surface area contributed by atoms with E-state index in [-0.39, 0.29) is 28.6 Å². The molecule has 10 nitrogen and oxygen atoms in total. The molecule has 12 heteroatoms. The number of fused-ring (bicyclic) bond motifs is 1. The Morgan fingerprint density at radius 1 is 0.976 bits per heavy atom. The lowest BCUT2D eigenvalue weighted by Crippen LogP contribution is -2.30. The van der Waals surface area contributed by atoms with Crippen LogP contribution in [0.5, 0.6) is 23.1 Å². The minimum atomic E-state index is -0.750. The summed E-state index contributed by atoms with van der Waals surface area (Å²) in [7, 11) is 2.93. The maximum absolute atomic E-state index is 15.1. The summed E-state index contributed by atoms with van der Waals surface area (Å²) in [6.07, 6.45) is 3.13. The molecule has 0 fully saturated rings. The third-order valence-corrected chi connectivity index (χ3v) is 6.99. The molecule has 0 atom stereocenters. The molecular formula is C29H23BrFN5O5. The fraction of sp³-hybridized carbons (Fsp3) is 0.138. The number of aromatic nitrogens is 4. The third-order valence-electron chi connectivity index (χ3n) is 6.19. The van der Waals surface area contributed by atoms with Crippen LogP contribution in [0.15, 0.2) is 70.2 Å². The van der Waals surface area contributed by atoms with Gasteiger partial charge in [0.15, 0.2) is 23.1 Å². The Labute approximate surface area is 241 Å². The zero-order chi connectivity index (χ0) is 29.3. The van der Waals surface area contributed by atoms with Gasteiger partial charge in [0.2, 0.25) is 0 Å². The molecule has 41 heavy (non-hydrogen) atoms. The van der Waals surface area contributed by atoms with E-state index in [4.69, 9.17) is 14.2 Å². The minimum absolute atomic E-state index is 0.113. The third kappa shape index (κ3) is 5.46. The number of carbonyl (C=O) groups is 1. The molecule has 5 rings (SSSR count). The number of halogens is 2. The van der Waals surface area contributed by atoms with Crippen molar-refractivity contribution in [2.75, 3.05) is 19.5 Å². The lowest BCUT2D eigenvalue weighted by Gasteiger charge is -2.14. The number of methoxy groups -OCH3 is 2. The normalized spacial score (nSPS) is 10.9. The quantitative estimate of drug-likeness (QED) is 0.244. The molecule has 0 saturated heterocycles. The zero-order valence-corrected chi connectivity index (χ0v) is 23.9. The van der Waals surface area contributed by atoms with Gasteiger partial charge in [-0.3, -0.25) is 19.1 Å². The standard InChI is InChI=1S/C29H23BrFN5O5/c1-15-5-8-25(33-14-15)36-16(2)19(30)12-18(29(36)38)27(37)34-17-6-7-22(20(31)11-17)41-23-9-10-32-21-13-24(39-3)28(40-4)35-26(21)23/h5-14H,1-4H3,(H,34,37). The molecule has 1 aromatic carbocycles. The van der Waals surface area contributed by atoms with Crippen LogP contribution in [0.2, 0.25) is 0 Å². The van der Waals surface area contributed by atoms with Gasteiger partial charge in [0, 0.05) is 46.4 Å². The molecular weight excluding hydrogens is 597 g/mol. The van der Waals surface area contributed by atoms with Gasteiger partial charge in [-0.1, -0.05) is 6.07 Å². The Morgan fingerprint density at radius 2 is 1.78 bits per heavy atom. The van der Waals surface area contributed by atoms with Gasteiger partial charge < -0.3 is 19.5 Å². The van der Waals surface area contributed by atoms with E-state index in [1.165, 1.54) is 43.2 Å². The van der Waals surface area contributed by atoms with Gasteiger partial charge in [-0.25, -0.2) is 14.4 Å². The first-order chi connectivity index (χ1) is 19.7. The van der Waals surface area contributed by atoms with Crippen molar-refractivity contribution in [3.63, 3.8) is 0 Å². The summed E-state index contributed by atoms with van der Waals surface area (Å²) in [6.45, 7) is 3.61. The molecule has 0 aliphatic heterocycles. The Balaban J connectivity index is 1.42. The van der Waals surface area contributed by atoms with Gasteiger partial charge in [0.1, 0.15) is 16.9 Å². The van der Waals surface area contributed by atoms with Crippen LogP contribution in [-0.4, -0.2) is 39.6 Å². The van der Waals surface area contributed by atoms with E-state index in [2.05, 4.69) is 36.2 Å². The average molecular weight is 620 g/mol. The van der Waals surface area contributed by atoms with E-state index in [0.717, 1.165) is 11.6 Å². The Morgan fingerprint density at radius 3 is 2.46 bits per heavy atom. The van der Waals surface area contributed by atoms with Crippen molar-refractivity contribution in [2.24, 2.45) is 0 Å². The number of hydrogen-bond donors (Lipinski definition) is 1. The van der Waals surface area contributed by atoms with Gasteiger partial charge in [0.25, 0.3) is 17.3 Å². The molecule has 4 aromatic heterocycles. The number of ether oxygens (including phenoxy) is 3.